The van der Waals surface area contributed by atoms with Gasteiger partial charge in [-0.15, -0.1) is 0 Å². The molecule has 162 valence electrons. The van der Waals surface area contributed by atoms with Crippen LogP contribution in [-0.4, -0.2) is 45.4 Å². The van der Waals surface area contributed by atoms with Crippen LogP contribution in [0.2, 0.25) is 0 Å². The molecule has 7 nitrogen and oxygen atoms in total. The molecule has 2 aromatic carbocycles. The maximum absolute atomic E-state index is 12.9. The average molecular weight is 497 g/mol. The monoisotopic (exact) mass is 496 g/mol. The standard InChI is InChI=1S/C21H25BrN2O5S/c1-3-29-17-5-7-18(8-6-17)30(26,27)24-12-10-15(11-13-24)21(25)23-19-14-16(22)4-9-20(19)28-2/h4-9,14-15H,3,10-13H2,1-2H3,(H,23,25). The van der Waals surface area contributed by atoms with E-state index in [1.54, 1.807) is 43.5 Å². The predicted molar refractivity (Wildman–Crippen MR) is 118 cm³/mol. The quantitative estimate of drug-likeness (QED) is 0.628. The fourth-order valence-electron chi connectivity index (χ4n) is 3.39. The summed E-state index contributed by atoms with van der Waals surface area (Å²) >= 11 is 3.39. The maximum atomic E-state index is 12.9. The highest BCUT2D eigenvalue weighted by molar-refractivity contribution is 9.10. The zero-order chi connectivity index (χ0) is 21.7. The number of carbonyl (C=O) groups is 1. The third-order valence-corrected chi connectivity index (χ3v) is 7.42. The summed E-state index contributed by atoms with van der Waals surface area (Å²) in [6.07, 6.45) is 0.914. The van der Waals surface area contributed by atoms with Gasteiger partial charge in [-0.2, -0.15) is 4.31 Å². The van der Waals surface area contributed by atoms with Crippen molar-refractivity contribution in [2.75, 3.05) is 32.1 Å². The molecule has 1 N–H and O–H groups in total. The number of ether oxygens (including phenoxy) is 2. The number of carbonyl (C=O) groups excluding carboxylic acids is 1. The number of nitrogens with zero attached hydrogens (tertiary/aromatic N) is 1. The van der Waals surface area contributed by atoms with Crippen LogP contribution in [0.25, 0.3) is 0 Å². The second-order valence-corrected chi connectivity index (χ2v) is 9.77. The van der Waals surface area contributed by atoms with Crippen LogP contribution in [0, 0.1) is 5.92 Å². The van der Waals surface area contributed by atoms with Crippen molar-refractivity contribution in [3.05, 3.63) is 46.9 Å². The Balaban J connectivity index is 1.62. The minimum atomic E-state index is -3.60. The molecule has 0 aliphatic carbocycles. The molecule has 0 radical (unpaired) electrons. The lowest BCUT2D eigenvalue weighted by Crippen LogP contribution is -2.41. The van der Waals surface area contributed by atoms with E-state index in [9.17, 15) is 13.2 Å². The van der Waals surface area contributed by atoms with Gasteiger partial charge in [0.05, 0.1) is 24.3 Å². The van der Waals surface area contributed by atoms with Crippen LogP contribution in [0.4, 0.5) is 5.69 Å². The molecule has 1 amide bonds. The Kier molecular flexibility index (Phi) is 7.38. The van der Waals surface area contributed by atoms with Gasteiger partial charge in [0.1, 0.15) is 11.5 Å². The normalized spacial score (nSPS) is 15.6. The lowest BCUT2D eigenvalue weighted by molar-refractivity contribution is -0.120. The first-order chi connectivity index (χ1) is 14.3. The molecule has 0 saturated carbocycles. The van der Waals surface area contributed by atoms with Crippen LogP contribution in [0.5, 0.6) is 11.5 Å². The second-order valence-electron chi connectivity index (χ2n) is 6.92. The molecule has 0 aromatic heterocycles. The van der Waals surface area contributed by atoms with Crippen LogP contribution in [-0.2, 0) is 14.8 Å². The maximum Gasteiger partial charge on any atom is 0.243 e. The molecule has 1 aliphatic rings. The summed E-state index contributed by atoms with van der Waals surface area (Å²) in [5.74, 6) is 0.807. The van der Waals surface area contributed by atoms with E-state index < -0.39 is 10.0 Å². The highest BCUT2D eigenvalue weighted by atomic mass is 79.9. The Morgan fingerprint density at radius 3 is 2.43 bits per heavy atom. The van der Waals surface area contributed by atoms with E-state index in [0.717, 1.165) is 4.47 Å². The lowest BCUT2D eigenvalue weighted by Gasteiger charge is -2.30. The van der Waals surface area contributed by atoms with Crippen molar-refractivity contribution in [2.24, 2.45) is 5.92 Å². The molecular formula is C21H25BrN2O5S. The Hall–Kier alpha value is -2.10. The molecule has 2 aromatic rings. The van der Waals surface area contributed by atoms with Gasteiger partial charge < -0.3 is 14.8 Å². The summed E-state index contributed by atoms with van der Waals surface area (Å²) < 4.78 is 38.7. The van der Waals surface area contributed by atoms with Gasteiger partial charge in [-0.25, -0.2) is 8.42 Å². The van der Waals surface area contributed by atoms with Crippen molar-refractivity contribution in [3.8, 4) is 11.5 Å². The third kappa shape index (κ3) is 5.14. The van der Waals surface area contributed by atoms with Crippen molar-refractivity contribution in [1.82, 2.24) is 4.31 Å². The first-order valence-corrected chi connectivity index (χ1v) is 12.0. The molecular weight excluding hydrogens is 472 g/mol. The smallest absolute Gasteiger partial charge is 0.243 e. The number of benzene rings is 2. The zero-order valence-electron chi connectivity index (χ0n) is 16.9. The number of hydrogen-bond donors (Lipinski definition) is 1. The Labute approximate surface area is 185 Å². The number of halogens is 1. The highest BCUT2D eigenvalue weighted by Crippen LogP contribution is 2.30. The molecule has 1 saturated heterocycles. The summed E-state index contributed by atoms with van der Waals surface area (Å²) in [6, 6.07) is 11.8. The Bertz CT molecular complexity index is 987. The molecule has 0 atom stereocenters. The number of sulfonamides is 1. The molecule has 9 heteroatoms. The van der Waals surface area contributed by atoms with Gasteiger partial charge in [0.25, 0.3) is 0 Å². The van der Waals surface area contributed by atoms with Crippen LogP contribution in [0.1, 0.15) is 19.8 Å². The van der Waals surface area contributed by atoms with Crippen molar-refractivity contribution >= 4 is 37.5 Å². The summed E-state index contributed by atoms with van der Waals surface area (Å²) in [5, 5.41) is 2.90. The van der Waals surface area contributed by atoms with Gasteiger partial charge in [-0.3, -0.25) is 4.79 Å². The van der Waals surface area contributed by atoms with E-state index in [-0.39, 0.29) is 16.7 Å². The van der Waals surface area contributed by atoms with E-state index in [0.29, 0.717) is 49.7 Å². The van der Waals surface area contributed by atoms with E-state index in [2.05, 4.69) is 21.2 Å². The number of amides is 1. The van der Waals surface area contributed by atoms with Crippen LogP contribution in [0.15, 0.2) is 51.8 Å². The topological polar surface area (TPSA) is 84.9 Å². The fourth-order valence-corrected chi connectivity index (χ4v) is 5.23. The summed E-state index contributed by atoms with van der Waals surface area (Å²) in [5.41, 5.74) is 0.585. The summed E-state index contributed by atoms with van der Waals surface area (Å²) in [6.45, 7) is 2.98. The first kappa shape index (κ1) is 22.6. The fraction of sp³-hybridized carbons (Fsp3) is 0.381. The summed E-state index contributed by atoms with van der Waals surface area (Å²) in [4.78, 5) is 12.9. The molecule has 1 fully saturated rings. The lowest BCUT2D eigenvalue weighted by atomic mass is 9.97. The molecule has 0 spiro atoms. The minimum absolute atomic E-state index is 0.135. The number of rotatable bonds is 7. The number of methoxy groups -OCH3 is 1. The van der Waals surface area contributed by atoms with E-state index in [4.69, 9.17) is 9.47 Å². The SMILES string of the molecule is CCOc1ccc(S(=O)(=O)N2CCC(C(=O)Nc3cc(Br)ccc3OC)CC2)cc1. The van der Waals surface area contributed by atoms with Gasteiger partial charge in [-0.05, 0) is 62.2 Å². The van der Waals surface area contributed by atoms with Crippen molar-refractivity contribution in [1.29, 1.82) is 0 Å². The van der Waals surface area contributed by atoms with Crippen molar-refractivity contribution in [3.63, 3.8) is 0 Å². The third-order valence-electron chi connectivity index (χ3n) is 5.02. The Morgan fingerprint density at radius 1 is 1.17 bits per heavy atom. The average Bonchev–Trinajstić information content (AvgIpc) is 2.74. The van der Waals surface area contributed by atoms with E-state index in [1.165, 1.54) is 4.31 Å². The molecule has 3 rings (SSSR count). The van der Waals surface area contributed by atoms with Gasteiger partial charge in [0.2, 0.25) is 15.9 Å². The number of anilines is 1. The number of nitrogens with one attached hydrogen (secondary N) is 1. The van der Waals surface area contributed by atoms with Crippen LogP contribution < -0.4 is 14.8 Å². The molecule has 0 unspecified atom stereocenters. The number of piperidine rings is 1. The van der Waals surface area contributed by atoms with Gasteiger partial charge >= 0.3 is 0 Å². The predicted octanol–water partition coefficient (Wildman–Crippen LogP) is 3.90. The molecule has 1 heterocycles. The van der Waals surface area contributed by atoms with Crippen molar-refractivity contribution in [2.45, 2.75) is 24.7 Å². The first-order valence-electron chi connectivity index (χ1n) is 9.72. The molecule has 30 heavy (non-hydrogen) atoms. The van der Waals surface area contributed by atoms with Gasteiger partial charge in [-0.1, -0.05) is 15.9 Å². The zero-order valence-corrected chi connectivity index (χ0v) is 19.3. The van der Waals surface area contributed by atoms with Crippen molar-refractivity contribution < 1.29 is 22.7 Å². The van der Waals surface area contributed by atoms with Crippen LogP contribution >= 0.6 is 15.9 Å². The largest absolute Gasteiger partial charge is 0.495 e. The number of hydrogen-bond acceptors (Lipinski definition) is 5. The summed E-state index contributed by atoms with van der Waals surface area (Å²) in [7, 11) is -2.05. The minimum Gasteiger partial charge on any atom is -0.495 e. The van der Waals surface area contributed by atoms with E-state index in [1.807, 2.05) is 13.0 Å². The van der Waals surface area contributed by atoms with Gasteiger partial charge in [0.15, 0.2) is 0 Å². The highest BCUT2D eigenvalue weighted by Gasteiger charge is 2.32. The van der Waals surface area contributed by atoms with E-state index >= 15 is 0 Å². The molecule has 1 aliphatic heterocycles. The second kappa shape index (κ2) is 9.80. The Morgan fingerprint density at radius 2 is 1.83 bits per heavy atom. The van der Waals surface area contributed by atoms with Gasteiger partial charge in [0, 0.05) is 23.5 Å². The van der Waals surface area contributed by atoms with Crippen LogP contribution in [0.3, 0.4) is 0 Å². The molecule has 0 bridgehead atoms.